The van der Waals surface area contributed by atoms with Gasteiger partial charge in [-0.25, -0.2) is 9.07 Å². The molecule has 6 heteroatoms. The number of carbonyl (C=O) groups excluding carboxylic acids is 1. The van der Waals surface area contributed by atoms with Gasteiger partial charge in [0.1, 0.15) is 11.5 Å². The molecule has 0 unspecified atom stereocenters. The highest BCUT2D eigenvalue weighted by Gasteiger charge is 2.27. The third kappa shape index (κ3) is 3.48. The minimum atomic E-state index is -0.281. The van der Waals surface area contributed by atoms with Crippen molar-refractivity contribution in [1.82, 2.24) is 9.78 Å². The zero-order chi connectivity index (χ0) is 18.0. The summed E-state index contributed by atoms with van der Waals surface area (Å²) in [4.78, 5) is 26.5. The lowest BCUT2D eigenvalue weighted by Gasteiger charge is -2.31. The highest BCUT2D eigenvalue weighted by molar-refractivity contribution is 6.05. The number of aryl methyl sites for hydroxylation is 3. The molecule has 5 nitrogen and oxygen atoms in total. The molecule has 0 bridgehead atoms. The Morgan fingerprint density at radius 3 is 2.88 bits per heavy atom. The first-order chi connectivity index (χ1) is 12.0. The van der Waals surface area contributed by atoms with Gasteiger partial charge in [-0.3, -0.25) is 9.59 Å². The van der Waals surface area contributed by atoms with Crippen molar-refractivity contribution in [1.29, 1.82) is 0 Å². The van der Waals surface area contributed by atoms with Crippen LogP contribution in [0.3, 0.4) is 0 Å². The smallest absolute Gasteiger partial charge is 0.278 e. The molecule has 3 rings (SSSR count). The summed E-state index contributed by atoms with van der Waals surface area (Å²) in [5, 5.41) is 4.24. The molecule has 0 N–H and O–H groups in total. The average Bonchev–Trinajstić information content (AvgIpc) is 2.59. The number of fused-ring (bicyclic) bond motifs is 1. The molecular formula is C19H22FN3O2. The molecule has 1 aliphatic rings. The van der Waals surface area contributed by atoms with E-state index >= 15 is 0 Å². The van der Waals surface area contributed by atoms with Crippen LogP contribution in [-0.2, 0) is 13.0 Å². The van der Waals surface area contributed by atoms with Gasteiger partial charge in [0.15, 0.2) is 0 Å². The number of amides is 1. The summed E-state index contributed by atoms with van der Waals surface area (Å²) in [6, 6.07) is 5.80. The van der Waals surface area contributed by atoms with Gasteiger partial charge in [-0.2, -0.15) is 5.10 Å². The number of hydrogen-bond acceptors (Lipinski definition) is 3. The molecule has 0 aliphatic carbocycles. The third-order valence-corrected chi connectivity index (χ3v) is 4.50. The summed E-state index contributed by atoms with van der Waals surface area (Å²) in [6.07, 6.45) is 3.30. The fourth-order valence-electron chi connectivity index (χ4n) is 3.29. The zero-order valence-electron chi connectivity index (χ0n) is 14.6. The second-order valence-corrected chi connectivity index (χ2v) is 6.42. The second-order valence-electron chi connectivity index (χ2n) is 6.42. The second kappa shape index (κ2) is 7.17. The van der Waals surface area contributed by atoms with E-state index in [1.165, 1.54) is 28.9 Å². The Morgan fingerprint density at radius 1 is 1.32 bits per heavy atom. The molecule has 2 heterocycles. The maximum Gasteiger partial charge on any atom is 0.278 e. The van der Waals surface area contributed by atoms with Crippen molar-refractivity contribution in [2.45, 2.75) is 46.1 Å². The Morgan fingerprint density at radius 2 is 2.12 bits per heavy atom. The first kappa shape index (κ1) is 17.3. The molecule has 25 heavy (non-hydrogen) atoms. The van der Waals surface area contributed by atoms with E-state index in [-0.39, 0.29) is 23.0 Å². The molecule has 0 spiro atoms. The lowest BCUT2D eigenvalue weighted by atomic mass is 9.97. The monoisotopic (exact) mass is 343 g/mol. The Balaban J connectivity index is 1.97. The van der Waals surface area contributed by atoms with Crippen molar-refractivity contribution >= 4 is 11.6 Å². The molecule has 0 atom stereocenters. The van der Waals surface area contributed by atoms with Crippen molar-refractivity contribution < 1.29 is 9.18 Å². The number of nitrogens with zero attached hydrogens (tertiary/aromatic N) is 3. The largest absolute Gasteiger partial charge is 0.306 e. The van der Waals surface area contributed by atoms with Crippen molar-refractivity contribution in [3.63, 3.8) is 0 Å². The van der Waals surface area contributed by atoms with Crippen molar-refractivity contribution in [3.8, 4) is 0 Å². The summed E-state index contributed by atoms with van der Waals surface area (Å²) in [6.45, 7) is 4.90. The molecule has 1 amide bonds. The predicted octanol–water partition coefficient (Wildman–Crippen LogP) is 3.08. The van der Waals surface area contributed by atoms with Crippen LogP contribution in [0.4, 0.5) is 10.1 Å². The number of halogens is 1. The van der Waals surface area contributed by atoms with E-state index in [1.807, 2.05) is 13.8 Å². The van der Waals surface area contributed by atoms with Crippen LogP contribution in [0.2, 0.25) is 0 Å². The standard InChI is InChI=1S/C19H22FN3O2/c1-3-4-10-23-17(24)8-7-16(21-23)19(25)22-9-5-6-14-12-15(20)11-13(2)18(14)22/h7-8,11-12H,3-6,9-10H2,1-2H3. The number of rotatable bonds is 4. The predicted molar refractivity (Wildman–Crippen MR) is 94.5 cm³/mol. The summed E-state index contributed by atoms with van der Waals surface area (Å²) in [7, 11) is 0. The lowest BCUT2D eigenvalue weighted by Crippen LogP contribution is -2.38. The molecular weight excluding hydrogens is 321 g/mol. The highest BCUT2D eigenvalue weighted by Crippen LogP contribution is 2.32. The van der Waals surface area contributed by atoms with E-state index in [1.54, 1.807) is 4.90 Å². The van der Waals surface area contributed by atoms with E-state index in [9.17, 15) is 14.0 Å². The van der Waals surface area contributed by atoms with Crippen LogP contribution in [0, 0.1) is 12.7 Å². The van der Waals surface area contributed by atoms with Crippen LogP contribution >= 0.6 is 0 Å². The van der Waals surface area contributed by atoms with Gasteiger partial charge in [0, 0.05) is 19.2 Å². The first-order valence-electron chi connectivity index (χ1n) is 8.70. The molecule has 1 aliphatic heterocycles. The van der Waals surface area contributed by atoms with Gasteiger partial charge in [-0.15, -0.1) is 0 Å². The number of carbonyl (C=O) groups is 1. The lowest BCUT2D eigenvalue weighted by molar-refractivity contribution is 0.0977. The van der Waals surface area contributed by atoms with Crippen molar-refractivity contribution in [2.24, 2.45) is 0 Å². The van der Waals surface area contributed by atoms with Gasteiger partial charge in [0.25, 0.3) is 11.5 Å². The van der Waals surface area contributed by atoms with E-state index in [4.69, 9.17) is 0 Å². The normalized spacial score (nSPS) is 13.6. The fraction of sp³-hybridized carbons (Fsp3) is 0.421. The Bertz CT molecular complexity index is 860. The fourth-order valence-corrected chi connectivity index (χ4v) is 3.29. The third-order valence-electron chi connectivity index (χ3n) is 4.50. The Labute approximate surface area is 146 Å². The number of benzene rings is 1. The highest BCUT2D eigenvalue weighted by atomic mass is 19.1. The zero-order valence-corrected chi connectivity index (χ0v) is 14.6. The van der Waals surface area contributed by atoms with Crippen LogP contribution < -0.4 is 10.5 Å². The minimum Gasteiger partial charge on any atom is -0.306 e. The minimum absolute atomic E-state index is 0.206. The van der Waals surface area contributed by atoms with Gasteiger partial charge in [0.2, 0.25) is 0 Å². The van der Waals surface area contributed by atoms with Crippen LogP contribution in [0.1, 0.15) is 47.8 Å². The van der Waals surface area contributed by atoms with Crippen LogP contribution in [-0.4, -0.2) is 22.2 Å². The SMILES string of the molecule is CCCCn1nc(C(=O)N2CCCc3cc(F)cc(C)c32)ccc1=O. The average molecular weight is 343 g/mol. The van der Waals surface area contributed by atoms with Gasteiger partial charge in [-0.1, -0.05) is 13.3 Å². The van der Waals surface area contributed by atoms with Crippen molar-refractivity contribution in [2.75, 3.05) is 11.4 Å². The van der Waals surface area contributed by atoms with Crippen LogP contribution in [0.15, 0.2) is 29.1 Å². The summed E-state index contributed by atoms with van der Waals surface area (Å²) < 4.78 is 15.0. The number of hydrogen-bond donors (Lipinski definition) is 0. The molecule has 1 aromatic heterocycles. The number of aromatic nitrogens is 2. The van der Waals surface area contributed by atoms with Crippen LogP contribution in [0.25, 0.3) is 0 Å². The molecule has 0 saturated carbocycles. The maximum atomic E-state index is 13.7. The van der Waals surface area contributed by atoms with Gasteiger partial charge in [-0.05, 0) is 55.5 Å². The van der Waals surface area contributed by atoms with Gasteiger partial charge in [0.05, 0.1) is 5.69 Å². The molecule has 2 aromatic rings. The Kier molecular flexibility index (Phi) is 4.97. The van der Waals surface area contributed by atoms with E-state index in [0.29, 0.717) is 13.1 Å². The van der Waals surface area contributed by atoms with Gasteiger partial charge >= 0.3 is 0 Å². The van der Waals surface area contributed by atoms with Gasteiger partial charge < -0.3 is 4.90 Å². The summed E-state index contributed by atoms with van der Waals surface area (Å²) >= 11 is 0. The van der Waals surface area contributed by atoms with E-state index < -0.39 is 0 Å². The summed E-state index contributed by atoms with van der Waals surface area (Å²) in [5.74, 6) is -0.530. The number of anilines is 1. The summed E-state index contributed by atoms with van der Waals surface area (Å²) in [5.41, 5.74) is 2.39. The topological polar surface area (TPSA) is 55.2 Å². The quantitative estimate of drug-likeness (QED) is 0.857. The molecule has 0 radical (unpaired) electrons. The number of unbranched alkanes of at least 4 members (excludes halogenated alkanes) is 1. The van der Waals surface area contributed by atoms with E-state index in [0.717, 1.165) is 42.5 Å². The van der Waals surface area contributed by atoms with Crippen LogP contribution in [0.5, 0.6) is 0 Å². The molecule has 0 saturated heterocycles. The van der Waals surface area contributed by atoms with Crippen molar-refractivity contribution in [3.05, 3.63) is 57.3 Å². The molecule has 132 valence electrons. The van der Waals surface area contributed by atoms with E-state index in [2.05, 4.69) is 5.10 Å². The molecule has 0 fully saturated rings. The Hall–Kier alpha value is -2.50. The first-order valence-corrected chi connectivity index (χ1v) is 8.70. The molecule has 1 aromatic carbocycles. The maximum absolute atomic E-state index is 13.7.